The van der Waals surface area contributed by atoms with Crippen LogP contribution in [-0.4, -0.2) is 89.7 Å². The number of nitrogens with two attached hydrogens (primary N) is 1. The van der Waals surface area contributed by atoms with Crippen molar-refractivity contribution in [3.05, 3.63) is 0 Å². The lowest BCUT2D eigenvalue weighted by molar-refractivity contribution is -0.132. The van der Waals surface area contributed by atoms with Crippen LogP contribution < -0.4 is 16.4 Å². The van der Waals surface area contributed by atoms with Gasteiger partial charge in [-0.3, -0.25) is 19.4 Å². The second kappa shape index (κ2) is 8.93. The van der Waals surface area contributed by atoms with Crippen molar-refractivity contribution in [1.29, 1.82) is 0 Å². The van der Waals surface area contributed by atoms with Crippen LogP contribution in [0.15, 0.2) is 0 Å². The van der Waals surface area contributed by atoms with Gasteiger partial charge in [-0.1, -0.05) is 0 Å². The van der Waals surface area contributed by atoms with E-state index in [0.717, 1.165) is 13.1 Å². The molecule has 25 heavy (non-hydrogen) atoms. The van der Waals surface area contributed by atoms with Gasteiger partial charge in [-0.15, -0.1) is 0 Å². The zero-order chi connectivity index (χ0) is 18.6. The molecule has 5 N–H and O–H groups in total. The van der Waals surface area contributed by atoms with Gasteiger partial charge in [-0.25, -0.2) is 0 Å². The van der Waals surface area contributed by atoms with Crippen LogP contribution in [0.1, 0.15) is 33.6 Å². The molecule has 144 valence electrons. The number of carbonyl (C=O) groups excluding carboxylic acids is 2. The van der Waals surface area contributed by atoms with Gasteiger partial charge in [0.1, 0.15) is 0 Å². The van der Waals surface area contributed by atoms with Crippen molar-refractivity contribution in [3.63, 3.8) is 0 Å². The van der Waals surface area contributed by atoms with E-state index in [-0.39, 0.29) is 42.1 Å². The van der Waals surface area contributed by atoms with Crippen molar-refractivity contribution in [2.45, 2.75) is 63.9 Å². The van der Waals surface area contributed by atoms with Crippen LogP contribution in [0.4, 0.5) is 0 Å². The molecule has 2 fully saturated rings. The number of nitrogens with zero attached hydrogens (tertiary/aromatic N) is 2. The van der Waals surface area contributed by atoms with E-state index >= 15 is 0 Å². The maximum atomic E-state index is 12.4. The summed E-state index contributed by atoms with van der Waals surface area (Å²) in [6.07, 6.45) is 1.03. The van der Waals surface area contributed by atoms with Crippen LogP contribution in [-0.2, 0) is 9.59 Å². The molecule has 2 rings (SSSR count). The number of β-amino-alcohol motifs (C(OH)–C–C–N with tert-alkyl or cyclic N) is 1. The van der Waals surface area contributed by atoms with Gasteiger partial charge in [0.2, 0.25) is 11.8 Å². The number of carbonyl (C=O) groups is 2. The number of aliphatic hydroxyl groups excluding tert-OH is 1. The van der Waals surface area contributed by atoms with Crippen molar-refractivity contribution >= 4 is 11.8 Å². The first-order chi connectivity index (χ1) is 11.7. The van der Waals surface area contributed by atoms with Crippen molar-refractivity contribution in [2.75, 3.05) is 32.7 Å². The first-order valence-electron chi connectivity index (χ1n) is 9.24. The van der Waals surface area contributed by atoms with Gasteiger partial charge in [0.15, 0.2) is 0 Å². The average molecular weight is 355 g/mol. The van der Waals surface area contributed by atoms with Crippen molar-refractivity contribution < 1.29 is 14.7 Å². The predicted octanol–water partition coefficient (Wildman–Crippen LogP) is -1.52. The van der Waals surface area contributed by atoms with Gasteiger partial charge in [-0.05, 0) is 33.6 Å². The third-order valence-electron chi connectivity index (χ3n) is 4.70. The lowest BCUT2D eigenvalue weighted by Crippen LogP contribution is -2.60. The summed E-state index contributed by atoms with van der Waals surface area (Å²) in [5, 5.41) is 15.5. The molecule has 0 spiro atoms. The van der Waals surface area contributed by atoms with Crippen LogP contribution >= 0.6 is 0 Å². The Hall–Kier alpha value is -1.22. The van der Waals surface area contributed by atoms with E-state index in [4.69, 9.17) is 5.73 Å². The standard InChI is InChI=1S/C17H33N5O3/c1-11(2)19-17(25)15(22-8-14(23)9-22)5-4-12(3)20-16(24)10-21-6-13(18)7-21/h11-15,23H,4-10,18H2,1-3H3,(H,19,25)(H,20,24). The van der Waals surface area contributed by atoms with Crippen molar-refractivity contribution in [2.24, 2.45) is 5.73 Å². The normalized spacial score (nSPS) is 22.2. The Morgan fingerprint density at radius 3 is 2.28 bits per heavy atom. The molecule has 2 saturated heterocycles. The highest BCUT2D eigenvalue weighted by Gasteiger charge is 2.35. The van der Waals surface area contributed by atoms with E-state index in [9.17, 15) is 14.7 Å². The van der Waals surface area contributed by atoms with Gasteiger partial charge in [-0.2, -0.15) is 0 Å². The zero-order valence-corrected chi connectivity index (χ0v) is 15.6. The fourth-order valence-corrected chi connectivity index (χ4v) is 3.35. The SMILES string of the molecule is CC(C)NC(=O)C(CCC(C)NC(=O)CN1CC(N)C1)N1CC(O)C1. The van der Waals surface area contributed by atoms with Crippen molar-refractivity contribution in [3.8, 4) is 0 Å². The van der Waals surface area contributed by atoms with E-state index in [1.54, 1.807) is 0 Å². The second-order valence-corrected chi connectivity index (χ2v) is 7.79. The summed E-state index contributed by atoms with van der Waals surface area (Å²) in [5.41, 5.74) is 5.71. The molecule has 8 nitrogen and oxygen atoms in total. The Morgan fingerprint density at radius 1 is 1.12 bits per heavy atom. The van der Waals surface area contributed by atoms with Gasteiger partial charge >= 0.3 is 0 Å². The minimum atomic E-state index is -0.339. The highest BCUT2D eigenvalue weighted by atomic mass is 16.3. The topological polar surface area (TPSA) is 111 Å². The van der Waals surface area contributed by atoms with Crippen molar-refractivity contribution in [1.82, 2.24) is 20.4 Å². The summed E-state index contributed by atoms with van der Waals surface area (Å²) in [7, 11) is 0. The van der Waals surface area contributed by atoms with Crippen LogP contribution in [0, 0.1) is 0 Å². The van der Waals surface area contributed by atoms with Crippen LogP contribution in [0.3, 0.4) is 0 Å². The maximum absolute atomic E-state index is 12.4. The Labute approximate surface area is 150 Å². The van der Waals surface area contributed by atoms with E-state index in [2.05, 4.69) is 10.6 Å². The second-order valence-electron chi connectivity index (χ2n) is 7.79. The van der Waals surface area contributed by atoms with E-state index in [1.165, 1.54) is 0 Å². The molecule has 0 aliphatic carbocycles. The quantitative estimate of drug-likeness (QED) is 0.400. The van der Waals surface area contributed by atoms with Gasteiger partial charge in [0, 0.05) is 44.3 Å². The Balaban J connectivity index is 1.74. The molecule has 0 aromatic carbocycles. The van der Waals surface area contributed by atoms with Crippen LogP contribution in [0.2, 0.25) is 0 Å². The van der Waals surface area contributed by atoms with Gasteiger partial charge < -0.3 is 21.5 Å². The van der Waals surface area contributed by atoms with Gasteiger partial charge in [0.25, 0.3) is 0 Å². The molecular weight excluding hydrogens is 322 g/mol. The molecule has 0 saturated carbocycles. The first kappa shape index (κ1) is 20.1. The summed E-state index contributed by atoms with van der Waals surface area (Å²) < 4.78 is 0. The third-order valence-corrected chi connectivity index (χ3v) is 4.70. The maximum Gasteiger partial charge on any atom is 0.237 e. The van der Waals surface area contributed by atoms with E-state index < -0.39 is 0 Å². The highest BCUT2D eigenvalue weighted by Crippen LogP contribution is 2.17. The van der Waals surface area contributed by atoms with Crippen LogP contribution in [0.5, 0.6) is 0 Å². The molecule has 0 aromatic rings. The Morgan fingerprint density at radius 2 is 1.76 bits per heavy atom. The molecule has 2 amide bonds. The molecular formula is C17H33N5O3. The highest BCUT2D eigenvalue weighted by molar-refractivity contribution is 5.82. The number of hydrogen-bond donors (Lipinski definition) is 4. The number of nitrogens with one attached hydrogen (secondary N) is 2. The third kappa shape index (κ3) is 6.22. The fourth-order valence-electron chi connectivity index (χ4n) is 3.35. The molecule has 2 aliphatic heterocycles. The molecule has 2 unspecified atom stereocenters. The number of amides is 2. The first-order valence-corrected chi connectivity index (χ1v) is 9.24. The molecule has 0 bridgehead atoms. The molecule has 2 aliphatic rings. The minimum Gasteiger partial charge on any atom is -0.390 e. The summed E-state index contributed by atoms with van der Waals surface area (Å²) in [6.45, 7) is 8.83. The number of aliphatic hydroxyl groups is 1. The molecule has 2 heterocycles. The number of rotatable bonds is 9. The largest absolute Gasteiger partial charge is 0.390 e. The number of hydrogen-bond acceptors (Lipinski definition) is 6. The summed E-state index contributed by atoms with van der Waals surface area (Å²) in [6, 6.07) is 0.0279. The lowest BCUT2D eigenvalue weighted by atomic mass is 10.00. The zero-order valence-electron chi connectivity index (χ0n) is 15.6. The monoisotopic (exact) mass is 355 g/mol. The molecule has 8 heteroatoms. The predicted molar refractivity (Wildman–Crippen MR) is 95.9 cm³/mol. The van der Waals surface area contributed by atoms with Crippen LogP contribution in [0.25, 0.3) is 0 Å². The average Bonchev–Trinajstić information content (AvgIpc) is 2.42. The smallest absolute Gasteiger partial charge is 0.237 e. The fraction of sp³-hybridized carbons (Fsp3) is 0.882. The van der Waals surface area contributed by atoms with Gasteiger partial charge in [0.05, 0.1) is 18.7 Å². The minimum absolute atomic E-state index is 0.00181. The Bertz CT molecular complexity index is 461. The lowest BCUT2D eigenvalue weighted by Gasteiger charge is -2.41. The van der Waals surface area contributed by atoms with E-state index in [1.807, 2.05) is 30.6 Å². The van der Waals surface area contributed by atoms with E-state index in [0.29, 0.717) is 32.5 Å². The summed E-state index contributed by atoms with van der Waals surface area (Å²) in [4.78, 5) is 28.4. The molecule has 2 atom stereocenters. The molecule has 0 radical (unpaired) electrons. The number of likely N-dealkylation sites (tertiary alicyclic amines) is 2. The molecule has 0 aromatic heterocycles. The Kier molecular flexibility index (Phi) is 7.18. The summed E-state index contributed by atoms with van der Waals surface area (Å²) >= 11 is 0. The summed E-state index contributed by atoms with van der Waals surface area (Å²) in [5.74, 6) is -0.00283.